The van der Waals surface area contributed by atoms with Crippen LogP contribution in [0.25, 0.3) is 16.8 Å². The average molecular weight is 278 g/mol. The highest BCUT2D eigenvalue weighted by Crippen LogP contribution is 2.42. The maximum atomic E-state index is 10.8. The van der Waals surface area contributed by atoms with E-state index in [-0.39, 0.29) is 0 Å². The Labute approximate surface area is 121 Å². The van der Waals surface area contributed by atoms with Gasteiger partial charge in [0, 0.05) is 29.4 Å². The monoisotopic (exact) mass is 278 g/mol. The van der Waals surface area contributed by atoms with Crippen molar-refractivity contribution in [2.75, 3.05) is 5.73 Å². The van der Waals surface area contributed by atoms with Crippen molar-refractivity contribution in [3.63, 3.8) is 0 Å². The van der Waals surface area contributed by atoms with Crippen LogP contribution in [0.4, 0.5) is 5.82 Å². The Morgan fingerprint density at radius 2 is 2.00 bits per heavy atom. The molecule has 0 atom stereocenters. The van der Waals surface area contributed by atoms with E-state index in [4.69, 9.17) is 10.7 Å². The first kappa shape index (κ1) is 12.1. The van der Waals surface area contributed by atoms with E-state index >= 15 is 0 Å². The third-order valence-corrected chi connectivity index (χ3v) is 3.87. The van der Waals surface area contributed by atoms with Gasteiger partial charge in [-0.15, -0.1) is 0 Å². The highest BCUT2D eigenvalue weighted by Gasteiger charge is 2.30. The molecule has 0 aliphatic heterocycles. The molecule has 21 heavy (non-hydrogen) atoms. The molecule has 1 aliphatic rings. The number of rotatable bonds is 3. The number of anilines is 1. The highest BCUT2D eigenvalue weighted by molar-refractivity contribution is 5.86. The Balaban J connectivity index is 1.96. The second kappa shape index (κ2) is 4.41. The minimum absolute atomic E-state index is 0.478. The molecular weight excluding hydrogens is 264 g/mol. The van der Waals surface area contributed by atoms with E-state index in [1.165, 1.54) is 12.8 Å². The van der Waals surface area contributed by atoms with Gasteiger partial charge in [-0.2, -0.15) is 0 Å². The average Bonchev–Trinajstić information content (AvgIpc) is 3.28. The minimum Gasteiger partial charge on any atom is -0.382 e. The molecule has 0 spiro atoms. The number of carbonyl (C=O) groups is 1. The van der Waals surface area contributed by atoms with Gasteiger partial charge in [0.25, 0.3) is 0 Å². The Kier molecular flexibility index (Phi) is 2.54. The summed E-state index contributed by atoms with van der Waals surface area (Å²) in [4.78, 5) is 19.7. The highest BCUT2D eigenvalue weighted by atomic mass is 16.1. The zero-order chi connectivity index (χ0) is 14.4. The Bertz CT molecular complexity index is 831. The number of aromatic nitrogens is 3. The van der Waals surface area contributed by atoms with Crippen molar-refractivity contribution in [3.8, 4) is 11.3 Å². The summed E-state index contributed by atoms with van der Waals surface area (Å²) in [6.45, 7) is 0. The number of fused-ring (bicyclic) bond motifs is 1. The molecule has 0 amide bonds. The lowest BCUT2D eigenvalue weighted by atomic mass is 10.1. The predicted octanol–water partition coefficient (Wildman–Crippen LogP) is 2.67. The molecule has 1 aliphatic carbocycles. The zero-order valence-corrected chi connectivity index (χ0v) is 11.4. The van der Waals surface area contributed by atoms with Gasteiger partial charge in [-0.25, -0.2) is 9.97 Å². The lowest BCUT2D eigenvalue weighted by Crippen LogP contribution is -1.97. The van der Waals surface area contributed by atoms with E-state index < -0.39 is 0 Å². The van der Waals surface area contributed by atoms with Crippen molar-refractivity contribution in [1.29, 1.82) is 0 Å². The standard InChI is InChI=1S/C16H14N4O/c17-15-14-13(11-3-1-10(9-21)2-4-11)19-16(12-5-6-12)20(14)8-7-18-15/h1-4,7-9,12H,5-6H2,(H2,17,18). The molecule has 4 rings (SSSR count). The van der Waals surface area contributed by atoms with E-state index in [1.54, 1.807) is 18.3 Å². The van der Waals surface area contributed by atoms with E-state index in [2.05, 4.69) is 4.98 Å². The smallest absolute Gasteiger partial charge is 0.150 e. The number of nitrogens with two attached hydrogens (primary N) is 1. The maximum absolute atomic E-state index is 10.8. The number of carbonyl (C=O) groups excluding carboxylic acids is 1. The van der Waals surface area contributed by atoms with Crippen molar-refractivity contribution in [3.05, 3.63) is 48.0 Å². The molecule has 1 saturated carbocycles. The van der Waals surface area contributed by atoms with Crippen LogP contribution < -0.4 is 5.73 Å². The number of hydrogen-bond donors (Lipinski definition) is 1. The van der Waals surface area contributed by atoms with E-state index in [9.17, 15) is 4.79 Å². The van der Waals surface area contributed by atoms with Gasteiger partial charge in [-0.1, -0.05) is 24.3 Å². The van der Waals surface area contributed by atoms with Gasteiger partial charge in [-0.3, -0.25) is 9.20 Å². The summed E-state index contributed by atoms with van der Waals surface area (Å²) >= 11 is 0. The van der Waals surface area contributed by atoms with Crippen molar-refractivity contribution in [2.45, 2.75) is 18.8 Å². The normalized spacial score (nSPS) is 14.5. The summed E-state index contributed by atoms with van der Waals surface area (Å²) in [6, 6.07) is 7.37. The second-order valence-electron chi connectivity index (χ2n) is 5.36. The number of nitrogens with zero attached hydrogens (tertiary/aromatic N) is 3. The van der Waals surface area contributed by atoms with Gasteiger partial charge in [-0.05, 0) is 12.8 Å². The van der Waals surface area contributed by atoms with Crippen LogP contribution in [0.5, 0.6) is 0 Å². The number of benzene rings is 1. The molecule has 104 valence electrons. The van der Waals surface area contributed by atoms with Crippen LogP contribution in [-0.4, -0.2) is 20.7 Å². The Morgan fingerprint density at radius 1 is 1.24 bits per heavy atom. The summed E-state index contributed by atoms with van der Waals surface area (Å²) in [5, 5.41) is 0. The van der Waals surface area contributed by atoms with Gasteiger partial charge in [0.1, 0.15) is 29.1 Å². The first-order chi connectivity index (χ1) is 10.3. The summed E-state index contributed by atoms with van der Waals surface area (Å²) < 4.78 is 2.04. The largest absolute Gasteiger partial charge is 0.382 e. The van der Waals surface area contributed by atoms with Crippen molar-refractivity contribution in [1.82, 2.24) is 14.4 Å². The summed E-state index contributed by atoms with van der Waals surface area (Å²) in [6.07, 6.45) is 6.79. The third-order valence-electron chi connectivity index (χ3n) is 3.87. The number of hydrogen-bond acceptors (Lipinski definition) is 4. The van der Waals surface area contributed by atoms with Crippen LogP contribution in [0.3, 0.4) is 0 Å². The molecule has 0 saturated heterocycles. The van der Waals surface area contributed by atoms with Crippen molar-refractivity contribution in [2.24, 2.45) is 0 Å². The molecule has 1 aromatic carbocycles. The number of nitrogen functional groups attached to an aromatic ring is 1. The predicted molar refractivity (Wildman–Crippen MR) is 80.2 cm³/mol. The van der Waals surface area contributed by atoms with Crippen LogP contribution in [0.1, 0.15) is 34.9 Å². The van der Waals surface area contributed by atoms with Crippen molar-refractivity contribution >= 4 is 17.6 Å². The summed E-state index contributed by atoms with van der Waals surface area (Å²) in [7, 11) is 0. The fourth-order valence-corrected chi connectivity index (χ4v) is 2.64. The van der Waals surface area contributed by atoms with Crippen LogP contribution in [0.15, 0.2) is 36.7 Å². The minimum atomic E-state index is 0.478. The first-order valence-corrected chi connectivity index (χ1v) is 6.96. The van der Waals surface area contributed by atoms with E-state index in [1.807, 2.05) is 22.7 Å². The van der Waals surface area contributed by atoms with Crippen LogP contribution in [0, 0.1) is 0 Å². The molecular formula is C16H14N4O. The molecule has 1 fully saturated rings. The molecule has 0 bridgehead atoms. The third kappa shape index (κ3) is 1.89. The summed E-state index contributed by atoms with van der Waals surface area (Å²) in [5.41, 5.74) is 9.33. The van der Waals surface area contributed by atoms with Crippen LogP contribution >= 0.6 is 0 Å². The molecule has 2 N–H and O–H groups in total. The SMILES string of the molecule is Nc1nccn2c(C3CC3)nc(-c3ccc(C=O)cc3)c12. The van der Waals surface area contributed by atoms with Gasteiger partial charge in [0.2, 0.25) is 0 Å². The molecule has 5 heteroatoms. The molecule has 0 unspecified atom stereocenters. The van der Waals surface area contributed by atoms with Crippen molar-refractivity contribution < 1.29 is 4.79 Å². The topological polar surface area (TPSA) is 73.3 Å². The molecule has 5 nitrogen and oxygen atoms in total. The molecule has 0 radical (unpaired) electrons. The van der Waals surface area contributed by atoms with Gasteiger partial charge >= 0.3 is 0 Å². The fourth-order valence-electron chi connectivity index (χ4n) is 2.64. The Morgan fingerprint density at radius 3 is 2.67 bits per heavy atom. The number of imidazole rings is 1. The first-order valence-electron chi connectivity index (χ1n) is 6.96. The lowest BCUT2D eigenvalue weighted by Gasteiger charge is -2.02. The van der Waals surface area contributed by atoms with Gasteiger partial charge in [0.05, 0.1) is 0 Å². The Hall–Kier alpha value is -2.69. The lowest BCUT2D eigenvalue weighted by molar-refractivity contribution is 0.112. The van der Waals surface area contributed by atoms with Gasteiger partial charge in [0.15, 0.2) is 0 Å². The van der Waals surface area contributed by atoms with Crippen LogP contribution in [0.2, 0.25) is 0 Å². The second-order valence-corrected chi connectivity index (χ2v) is 5.36. The fraction of sp³-hybridized carbons (Fsp3) is 0.188. The van der Waals surface area contributed by atoms with E-state index in [0.717, 1.165) is 28.9 Å². The molecule has 2 heterocycles. The van der Waals surface area contributed by atoms with Gasteiger partial charge < -0.3 is 5.73 Å². The molecule has 3 aromatic rings. The maximum Gasteiger partial charge on any atom is 0.150 e. The van der Waals surface area contributed by atoms with Crippen LogP contribution in [-0.2, 0) is 0 Å². The summed E-state index contributed by atoms with van der Waals surface area (Å²) in [5.74, 6) is 2.04. The zero-order valence-electron chi connectivity index (χ0n) is 11.4. The van der Waals surface area contributed by atoms with E-state index in [0.29, 0.717) is 17.3 Å². The molecule has 2 aromatic heterocycles. The number of aldehydes is 1. The quantitative estimate of drug-likeness (QED) is 0.747.